The van der Waals surface area contributed by atoms with Gasteiger partial charge in [-0.25, -0.2) is 4.39 Å². The van der Waals surface area contributed by atoms with Gasteiger partial charge in [-0.2, -0.15) is 0 Å². The molecule has 5 heteroatoms. The van der Waals surface area contributed by atoms with Crippen molar-refractivity contribution >= 4 is 23.2 Å². The summed E-state index contributed by atoms with van der Waals surface area (Å²) in [6, 6.07) is 9.80. The van der Waals surface area contributed by atoms with Crippen LogP contribution >= 0.6 is 23.2 Å². The van der Waals surface area contributed by atoms with Crippen molar-refractivity contribution in [3.8, 4) is 5.75 Å². The van der Waals surface area contributed by atoms with Crippen LogP contribution in [-0.4, -0.2) is 13.7 Å². The second-order valence-electron chi connectivity index (χ2n) is 4.52. The Hall–Kier alpha value is -1.29. The average Bonchev–Trinajstić information content (AvgIpc) is 2.48. The Kier molecular flexibility index (Phi) is 5.45. The number of hydrogen-bond donors (Lipinski definition) is 1. The number of rotatable bonds is 5. The van der Waals surface area contributed by atoms with Crippen molar-refractivity contribution in [3.63, 3.8) is 0 Å². The molecule has 1 N–H and O–H groups in total. The Morgan fingerprint density at radius 1 is 1.19 bits per heavy atom. The largest absolute Gasteiger partial charge is 0.496 e. The molecule has 0 aliphatic heterocycles. The van der Waals surface area contributed by atoms with Gasteiger partial charge < -0.3 is 10.1 Å². The van der Waals surface area contributed by atoms with E-state index in [1.165, 1.54) is 6.07 Å². The molecule has 0 saturated carbocycles. The van der Waals surface area contributed by atoms with Gasteiger partial charge in [-0.1, -0.05) is 42.3 Å². The van der Waals surface area contributed by atoms with Gasteiger partial charge >= 0.3 is 0 Å². The van der Waals surface area contributed by atoms with Crippen LogP contribution in [0.5, 0.6) is 5.75 Å². The van der Waals surface area contributed by atoms with Crippen LogP contribution in [-0.2, 0) is 0 Å². The van der Waals surface area contributed by atoms with E-state index >= 15 is 0 Å². The Bertz CT molecular complexity index is 634. The minimum Gasteiger partial charge on any atom is -0.496 e. The Balaban J connectivity index is 2.58. The predicted molar refractivity (Wildman–Crippen MR) is 84.9 cm³/mol. The highest BCUT2D eigenvalue weighted by Gasteiger charge is 2.21. The maximum atomic E-state index is 13.7. The molecule has 0 aliphatic carbocycles. The summed E-state index contributed by atoms with van der Waals surface area (Å²) in [7, 11) is 1.59. The van der Waals surface area contributed by atoms with Gasteiger partial charge in [0.1, 0.15) is 11.6 Å². The van der Waals surface area contributed by atoms with E-state index in [9.17, 15) is 4.39 Å². The lowest BCUT2D eigenvalue weighted by Gasteiger charge is -2.22. The number of ether oxygens (including phenoxy) is 1. The zero-order valence-electron chi connectivity index (χ0n) is 11.8. The van der Waals surface area contributed by atoms with Gasteiger partial charge in [0.2, 0.25) is 0 Å². The molecule has 0 amide bonds. The van der Waals surface area contributed by atoms with E-state index in [0.29, 0.717) is 22.9 Å². The van der Waals surface area contributed by atoms with Gasteiger partial charge in [0, 0.05) is 10.6 Å². The number of hydrogen-bond acceptors (Lipinski definition) is 2. The molecule has 0 saturated heterocycles. The summed E-state index contributed by atoms with van der Waals surface area (Å²) in [5.74, 6) is 0.226. The fraction of sp³-hybridized carbons (Fsp3) is 0.250. The van der Waals surface area contributed by atoms with E-state index in [0.717, 1.165) is 5.56 Å². The molecule has 2 aromatic carbocycles. The van der Waals surface area contributed by atoms with Crippen LogP contribution in [0.1, 0.15) is 24.1 Å². The number of methoxy groups -OCH3 is 1. The topological polar surface area (TPSA) is 21.3 Å². The normalized spacial score (nSPS) is 12.2. The smallest absolute Gasteiger partial charge is 0.142 e. The highest BCUT2D eigenvalue weighted by molar-refractivity contribution is 6.31. The summed E-state index contributed by atoms with van der Waals surface area (Å²) in [4.78, 5) is 0. The van der Waals surface area contributed by atoms with Crippen molar-refractivity contribution in [2.24, 2.45) is 0 Å². The quantitative estimate of drug-likeness (QED) is 0.848. The van der Waals surface area contributed by atoms with Crippen molar-refractivity contribution in [1.29, 1.82) is 0 Å². The lowest BCUT2D eigenvalue weighted by Crippen LogP contribution is -2.23. The number of halogens is 3. The molecule has 2 rings (SSSR count). The molecule has 1 atom stereocenters. The highest BCUT2D eigenvalue weighted by Crippen LogP contribution is 2.36. The van der Waals surface area contributed by atoms with E-state index < -0.39 is 5.82 Å². The van der Waals surface area contributed by atoms with Crippen LogP contribution in [0.3, 0.4) is 0 Å². The summed E-state index contributed by atoms with van der Waals surface area (Å²) in [6.07, 6.45) is 0. The minimum absolute atomic E-state index is 0.102. The third-order valence-electron chi connectivity index (χ3n) is 3.20. The monoisotopic (exact) mass is 327 g/mol. The van der Waals surface area contributed by atoms with Crippen molar-refractivity contribution in [2.75, 3.05) is 13.7 Å². The lowest BCUT2D eigenvalue weighted by atomic mass is 9.97. The number of nitrogens with one attached hydrogen (secondary N) is 1. The van der Waals surface area contributed by atoms with Gasteiger partial charge in [-0.15, -0.1) is 0 Å². The molecule has 0 fully saturated rings. The van der Waals surface area contributed by atoms with E-state index in [2.05, 4.69) is 5.32 Å². The fourth-order valence-corrected chi connectivity index (χ4v) is 2.68. The zero-order chi connectivity index (χ0) is 15.4. The van der Waals surface area contributed by atoms with E-state index in [-0.39, 0.29) is 11.1 Å². The first-order valence-electron chi connectivity index (χ1n) is 6.59. The lowest BCUT2D eigenvalue weighted by molar-refractivity contribution is 0.404. The first-order valence-corrected chi connectivity index (χ1v) is 7.34. The molecule has 0 spiro atoms. The van der Waals surface area contributed by atoms with E-state index in [1.54, 1.807) is 37.4 Å². The first kappa shape index (κ1) is 16.1. The summed E-state index contributed by atoms with van der Waals surface area (Å²) in [6.45, 7) is 2.66. The van der Waals surface area contributed by atoms with Crippen molar-refractivity contribution in [1.82, 2.24) is 5.32 Å². The minimum atomic E-state index is -0.446. The molecule has 112 valence electrons. The van der Waals surface area contributed by atoms with Crippen molar-refractivity contribution in [3.05, 3.63) is 63.4 Å². The third-order valence-corrected chi connectivity index (χ3v) is 3.84. The summed E-state index contributed by atoms with van der Waals surface area (Å²) in [5, 5.41) is 3.98. The van der Waals surface area contributed by atoms with Crippen molar-refractivity contribution in [2.45, 2.75) is 13.0 Å². The Labute approximate surface area is 133 Å². The molecule has 1 unspecified atom stereocenters. The van der Waals surface area contributed by atoms with Gasteiger partial charge in [0.05, 0.1) is 18.2 Å². The van der Waals surface area contributed by atoms with Crippen LogP contribution in [0.4, 0.5) is 4.39 Å². The van der Waals surface area contributed by atoms with Crippen LogP contribution < -0.4 is 10.1 Å². The molecule has 2 aromatic rings. The average molecular weight is 328 g/mol. The summed E-state index contributed by atoms with van der Waals surface area (Å²) in [5.41, 5.74) is 1.47. The fourth-order valence-electron chi connectivity index (χ4n) is 2.27. The maximum Gasteiger partial charge on any atom is 0.142 e. The van der Waals surface area contributed by atoms with Crippen LogP contribution in [0, 0.1) is 5.82 Å². The molecule has 0 radical (unpaired) electrons. The standard InChI is InChI=1S/C16H16Cl2FNO/c1-3-20-16(11-5-4-6-13(19)15(11)18)12-9-10(17)7-8-14(12)21-2/h4-9,16,20H,3H2,1-2H3. The van der Waals surface area contributed by atoms with E-state index in [1.807, 2.05) is 6.92 Å². The highest BCUT2D eigenvalue weighted by atomic mass is 35.5. The predicted octanol–water partition coefficient (Wildman–Crippen LogP) is 4.84. The number of benzene rings is 2. The van der Waals surface area contributed by atoms with Gasteiger partial charge in [0.25, 0.3) is 0 Å². The molecular weight excluding hydrogens is 312 g/mol. The Morgan fingerprint density at radius 3 is 2.62 bits per heavy atom. The zero-order valence-corrected chi connectivity index (χ0v) is 13.3. The second kappa shape index (κ2) is 7.12. The van der Waals surface area contributed by atoms with Crippen LogP contribution in [0.2, 0.25) is 10.0 Å². The first-order chi connectivity index (χ1) is 10.1. The van der Waals surface area contributed by atoms with Gasteiger partial charge in [-0.05, 0) is 36.4 Å². The van der Waals surface area contributed by atoms with Gasteiger partial charge in [-0.3, -0.25) is 0 Å². The molecule has 0 aliphatic rings. The Morgan fingerprint density at radius 2 is 1.95 bits per heavy atom. The summed E-state index contributed by atoms with van der Waals surface area (Å²) >= 11 is 12.2. The van der Waals surface area contributed by atoms with Crippen molar-refractivity contribution < 1.29 is 9.13 Å². The van der Waals surface area contributed by atoms with E-state index in [4.69, 9.17) is 27.9 Å². The van der Waals surface area contributed by atoms with Crippen LogP contribution in [0.15, 0.2) is 36.4 Å². The molecule has 0 aromatic heterocycles. The molecule has 21 heavy (non-hydrogen) atoms. The molecule has 0 heterocycles. The SMILES string of the molecule is CCNC(c1cc(Cl)ccc1OC)c1cccc(F)c1Cl. The van der Waals surface area contributed by atoms with Crippen LogP contribution in [0.25, 0.3) is 0 Å². The van der Waals surface area contributed by atoms with Gasteiger partial charge in [0.15, 0.2) is 0 Å². The molecule has 0 bridgehead atoms. The molecular formula is C16H16Cl2FNO. The molecule has 2 nitrogen and oxygen atoms in total. The maximum absolute atomic E-state index is 13.7. The summed E-state index contributed by atoms with van der Waals surface area (Å²) < 4.78 is 19.1. The third kappa shape index (κ3) is 3.49. The second-order valence-corrected chi connectivity index (χ2v) is 5.33.